The van der Waals surface area contributed by atoms with E-state index in [1.807, 2.05) is 6.92 Å². The Morgan fingerprint density at radius 2 is 1.62 bits per heavy atom. The highest BCUT2D eigenvalue weighted by molar-refractivity contribution is 5.81. The highest BCUT2D eigenvalue weighted by Crippen LogP contribution is 2.20. The van der Waals surface area contributed by atoms with E-state index in [0.29, 0.717) is 5.75 Å². The molecule has 2 aromatic carbocycles. The summed E-state index contributed by atoms with van der Waals surface area (Å²) in [6.07, 6.45) is 0.252. The molecule has 0 saturated carbocycles. The number of carbonyl (C=O) groups excluding carboxylic acids is 1. The second-order valence-corrected chi connectivity index (χ2v) is 5.82. The van der Waals surface area contributed by atoms with Crippen LogP contribution >= 0.6 is 0 Å². The first-order valence-electron chi connectivity index (χ1n) is 8.21. The molecule has 0 aromatic heterocycles. The second kappa shape index (κ2) is 8.39. The van der Waals surface area contributed by atoms with Gasteiger partial charge in [-0.15, -0.1) is 0 Å². The average Bonchev–Trinajstić information content (AvgIpc) is 2.61. The minimum Gasteiger partial charge on any atom is -0.497 e. The van der Waals surface area contributed by atoms with Gasteiger partial charge in [-0.1, -0.05) is 36.8 Å². The average molecular weight is 327 g/mol. The number of hydrogen-bond donors (Lipinski definition) is 1. The molecule has 24 heavy (non-hydrogen) atoms. The van der Waals surface area contributed by atoms with Crippen molar-refractivity contribution in [1.29, 1.82) is 0 Å². The fourth-order valence-electron chi connectivity index (χ4n) is 2.42. The van der Waals surface area contributed by atoms with Crippen LogP contribution in [0.2, 0.25) is 0 Å². The van der Waals surface area contributed by atoms with Crippen LogP contribution in [0.15, 0.2) is 48.5 Å². The van der Waals surface area contributed by atoms with Crippen LogP contribution in [0.25, 0.3) is 0 Å². The van der Waals surface area contributed by atoms with E-state index >= 15 is 0 Å². The number of rotatable bonds is 7. The smallest absolute Gasteiger partial charge is 0.261 e. The van der Waals surface area contributed by atoms with Gasteiger partial charge in [-0.3, -0.25) is 4.79 Å². The Morgan fingerprint density at radius 3 is 2.17 bits per heavy atom. The number of carbonyl (C=O) groups is 1. The molecule has 0 heterocycles. The molecule has 0 bridgehead atoms. The largest absolute Gasteiger partial charge is 0.497 e. The van der Waals surface area contributed by atoms with Crippen molar-refractivity contribution in [2.75, 3.05) is 7.11 Å². The first-order chi connectivity index (χ1) is 11.5. The fraction of sp³-hybridized carbons (Fsp3) is 0.350. The maximum absolute atomic E-state index is 12.4. The van der Waals surface area contributed by atoms with Crippen LogP contribution in [0, 0.1) is 6.92 Å². The van der Waals surface area contributed by atoms with Gasteiger partial charge in [0.25, 0.3) is 5.91 Å². The number of ether oxygens (including phenoxy) is 2. The summed E-state index contributed by atoms with van der Waals surface area (Å²) in [6.45, 7) is 5.86. The first kappa shape index (κ1) is 17.9. The van der Waals surface area contributed by atoms with Crippen molar-refractivity contribution in [2.24, 2.45) is 0 Å². The molecule has 4 nitrogen and oxygen atoms in total. The predicted molar refractivity (Wildman–Crippen MR) is 95.4 cm³/mol. The highest BCUT2D eigenvalue weighted by Gasteiger charge is 2.19. The number of benzene rings is 2. The molecule has 0 spiro atoms. The van der Waals surface area contributed by atoms with Crippen LogP contribution in [0.1, 0.15) is 37.4 Å². The number of amides is 1. The Balaban J connectivity index is 1.97. The lowest BCUT2D eigenvalue weighted by molar-refractivity contribution is -0.128. The predicted octanol–water partition coefficient (Wildman–Crippen LogP) is 4.04. The molecule has 0 radical (unpaired) electrons. The highest BCUT2D eigenvalue weighted by atomic mass is 16.5. The molecule has 2 rings (SSSR count). The minimum absolute atomic E-state index is 0.0139. The lowest BCUT2D eigenvalue weighted by Crippen LogP contribution is -2.38. The summed E-state index contributed by atoms with van der Waals surface area (Å²) < 4.78 is 10.8. The van der Waals surface area contributed by atoms with E-state index in [-0.39, 0.29) is 11.9 Å². The van der Waals surface area contributed by atoms with Gasteiger partial charge in [-0.05, 0) is 50.1 Å². The van der Waals surface area contributed by atoms with Gasteiger partial charge in [0.2, 0.25) is 0 Å². The van der Waals surface area contributed by atoms with Crippen molar-refractivity contribution in [1.82, 2.24) is 5.32 Å². The second-order valence-electron chi connectivity index (χ2n) is 5.82. The summed E-state index contributed by atoms with van der Waals surface area (Å²) in [5.74, 6) is 1.27. The Bertz CT molecular complexity index is 650. The van der Waals surface area contributed by atoms with E-state index in [1.54, 1.807) is 38.3 Å². The molecule has 128 valence electrons. The van der Waals surface area contributed by atoms with Gasteiger partial charge in [0.1, 0.15) is 11.5 Å². The molecular formula is C20H25NO3. The maximum Gasteiger partial charge on any atom is 0.261 e. The summed E-state index contributed by atoms with van der Waals surface area (Å²) in [4.78, 5) is 12.4. The molecule has 0 aliphatic rings. The monoisotopic (exact) mass is 327 g/mol. The van der Waals surface area contributed by atoms with Gasteiger partial charge in [-0.25, -0.2) is 0 Å². The van der Waals surface area contributed by atoms with Gasteiger partial charge in [0.15, 0.2) is 6.10 Å². The Kier molecular flexibility index (Phi) is 6.24. The third-order valence-corrected chi connectivity index (χ3v) is 3.95. The SMILES string of the molecule is CCC(NC(=O)C(C)Oc1ccc(OC)cc1)c1ccc(C)cc1. The van der Waals surface area contributed by atoms with Crippen molar-refractivity contribution in [3.63, 3.8) is 0 Å². The molecule has 4 heteroatoms. The third kappa shape index (κ3) is 4.75. The Morgan fingerprint density at radius 1 is 1.04 bits per heavy atom. The van der Waals surface area contributed by atoms with Crippen molar-refractivity contribution >= 4 is 5.91 Å². The van der Waals surface area contributed by atoms with Gasteiger partial charge >= 0.3 is 0 Å². The van der Waals surface area contributed by atoms with Crippen LogP contribution in [0.4, 0.5) is 0 Å². The topological polar surface area (TPSA) is 47.6 Å². The molecule has 1 amide bonds. The standard InChI is InChI=1S/C20H25NO3/c1-5-19(16-8-6-14(2)7-9-16)21-20(22)15(3)24-18-12-10-17(23-4)11-13-18/h6-13,15,19H,5H2,1-4H3,(H,21,22). The minimum atomic E-state index is -0.571. The van der Waals surface area contributed by atoms with E-state index < -0.39 is 6.10 Å². The van der Waals surface area contributed by atoms with Crippen LogP contribution in [-0.2, 0) is 4.79 Å². The lowest BCUT2D eigenvalue weighted by atomic mass is 10.0. The molecule has 1 N–H and O–H groups in total. The summed E-state index contributed by atoms with van der Waals surface area (Å²) in [5.41, 5.74) is 2.31. The van der Waals surface area contributed by atoms with E-state index in [0.717, 1.165) is 17.7 Å². The first-order valence-corrected chi connectivity index (χ1v) is 8.21. The number of aryl methyl sites for hydroxylation is 1. The van der Waals surface area contributed by atoms with E-state index in [2.05, 4.69) is 36.5 Å². The van der Waals surface area contributed by atoms with E-state index in [9.17, 15) is 4.79 Å². The summed E-state index contributed by atoms with van der Waals surface area (Å²) >= 11 is 0. The number of hydrogen-bond acceptors (Lipinski definition) is 3. The van der Waals surface area contributed by atoms with Crippen molar-refractivity contribution in [3.8, 4) is 11.5 Å². The molecule has 2 aromatic rings. The molecule has 2 atom stereocenters. The normalized spacial score (nSPS) is 13.0. The maximum atomic E-state index is 12.4. The van der Waals surface area contributed by atoms with Crippen molar-refractivity contribution < 1.29 is 14.3 Å². The van der Waals surface area contributed by atoms with Crippen molar-refractivity contribution in [3.05, 3.63) is 59.7 Å². The molecule has 0 fully saturated rings. The van der Waals surface area contributed by atoms with Gasteiger partial charge < -0.3 is 14.8 Å². The lowest BCUT2D eigenvalue weighted by Gasteiger charge is -2.21. The third-order valence-electron chi connectivity index (χ3n) is 3.95. The zero-order valence-corrected chi connectivity index (χ0v) is 14.7. The van der Waals surface area contributed by atoms with Crippen LogP contribution in [0.3, 0.4) is 0 Å². The van der Waals surface area contributed by atoms with Crippen LogP contribution in [0.5, 0.6) is 11.5 Å². The number of nitrogens with one attached hydrogen (secondary N) is 1. The Labute approximate surface area is 143 Å². The molecule has 2 unspecified atom stereocenters. The molecule has 0 saturated heterocycles. The van der Waals surface area contributed by atoms with Crippen LogP contribution in [-0.4, -0.2) is 19.1 Å². The van der Waals surface area contributed by atoms with E-state index in [1.165, 1.54) is 5.56 Å². The molecule has 0 aliphatic heterocycles. The molecular weight excluding hydrogens is 302 g/mol. The van der Waals surface area contributed by atoms with Crippen molar-refractivity contribution in [2.45, 2.75) is 39.3 Å². The van der Waals surface area contributed by atoms with E-state index in [4.69, 9.17) is 9.47 Å². The summed E-state index contributed by atoms with van der Waals surface area (Å²) in [7, 11) is 1.61. The zero-order chi connectivity index (χ0) is 17.5. The Hall–Kier alpha value is -2.49. The quantitative estimate of drug-likeness (QED) is 0.835. The van der Waals surface area contributed by atoms with Gasteiger partial charge in [0.05, 0.1) is 13.2 Å². The molecule has 0 aliphatic carbocycles. The summed E-state index contributed by atoms with van der Waals surface area (Å²) in [6, 6.07) is 15.4. The van der Waals surface area contributed by atoms with Crippen LogP contribution < -0.4 is 14.8 Å². The van der Waals surface area contributed by atoms with Gasteiger partial charge in [-0.2, -0.15) is 0 Å². The number of methoxy groups -OCH3 is 1. The fourth-order valence-corrected chi connectivity index (χ4v) is 2.42. The zero-order valence-electron chi connectivity index (χ0n) is 14.7. The van der Waals surface area contributed by atoms with Gasteiger partial charge in [0, 0.05) is 0 Å². The summed E-state index contributed by atoms with van der Waals surface area (Å²) in [5, 5.41) is 3.06.